The van der Waals surface area contributed by atoms with Crippen LogP contribution in [0.3, 0.4) is 0 Å². The van der Waals surface area contributed by atoms with Gasteiger partial charge in [0.05, 0.1) is 0 Å². The zero-order chi connectivity index (χ0) is 25.3. The fourth-order valence-corrected chi connectivity index (χ4v) is 5.02. The lowest BCUT2D eigenvalue weighted by Gasteiger charge is -2.35. The summed E-state index contributed by atoms with van der Waals surface area (Å²) >= 11 is 0. The van der Waals surface area contributed by atoms with Crippen LogP contribution in [0.1, 0.15) is 48.0 Å². The van der Waals surface area contributed by atoms with Crippen LogP contribution in [0.2, 0.25) is 0 Å². The normalized spacial score (nSPS) is 19.2. The minimum atomic E-state index is -1.15. The lowest BCUT2D eigenvalue weighted by molar-refractivity contribution is -0.143. The van der Waals surface area contributed by atoms with Gasteiger partial charge in [-0.25, -0.2) is 5.84 Å². The van der Waals surface area contributed by atoms with Crippen LogP contribution in [-0.2, 0) is 4.79 Å². The molecule has 0 spiro atoms. The molecule has 0 unspecified atom stereocenters. The van der Waals surface area contributed by atoms with Crippen LogP contribution >= 0.6 is 0 Å². The monoisotopic (exact) mass is 486 g/mol. The van der Waals surface area contributed by atoms with Gasteiger partial charge in [-0.3, -0.25) is 9.59 Å². The molecule has 1 aliphatic heterocycles. The van der Waals surface area contributed by atoms with Crippen LogP contribution in [0.4, 0.5) is 0 Å². The Hall–Kier alpha value is -3.42. The summed E-state index contributed by atoms with van der Waals surface area (Å²) in [6, 6.07) is 16.2. The second-order valence-electron chi connectivity index (χ2n) is 10.0. The zero-order valence-electron chi connectivity index (χ0n) is 20.8. The summed E-state index contributed by atoms with van der Waals surface area (Å²) in [6.07, 6.45) is 8.58. The number of amides is 2. The number of carbonyl (C=O) groups excluding carboxylic acids is 2. The van der Waals surface area contributed by atoms with E-state index in [0.29, 0.717) is 44.6 Å². The molecule has 0 radical (unpaired) electrons. The van der Waals surface area contributed by atoms with Crippen LogP contribution < -0.4 is 5.84 Å². The van der Waals surface area contributed by atoms with Gasteiger partial charge in [0.15, 0.2) is 0 Å². The van der Waals surface area contributed by atoms with Crippen molar-refractivity contribution in [1.82, 2.24) is 14.8 Å². The summed E-state index contributed by atoms with van der Waals surface area (Å²) in [5, 5.41) is 11.8. The van der Waals surface area contributed by atoms with Gasteiger partial charge in [-0.1, -0.05) is 48.6 Å². The number of hydrogen-bond donors (Lipinski definition) is 2. The summed E-state index contributed by atoms with van der Waals surface area (Å²) in [5.41, 5.74) is 5.08. The van der Waals surface area contributed by atoms with Gasteiger partial charge in [0, 0.05) is 50.1 Å². The number of carbonyl (C=O) groups is 2. The third-order valence-corrected chi connectivity index (χ3v) is 7.44. The summed E-state index contributed by atoms with van der Waals surface area (Å²) in [5.74, 6) is 5.88. The highest BCUT2D eigenvalue weighted by Crippen LogP contribution is 2.37. The third-order valence-electron chi connectivity index (χ3n) is 7.44. The van der Waals surface area contributed by atoms with Crippen molar-refractivity contribution in [2.24, 2.45) is 5.84 Å². The molecule has 2 fully saturated rings. The Morgan fingerprint density at radius 2 is 1.44 bits per heavy atom. The molecule has 0 atom stereocenters. The quantitative estimate of drug-likeness (QED) is 0.499. The van der Waals surface area contributed by atoms with Crippen LogP contribution in [-0.4, -0.2) is 70.6 Å². The second kappa shape index (κ2) is 9.91. The van der Waals surface area contributed by atoms with Crippen LogP contribution in [0.5, 0.6) is 0 Å². The number of nitrogens with zero attached hydrogens (tertiary/aromatic N) is 3. The first-order valence-electron chi connectivity index (χ1n) is 12.8. The van der Waals surface area contributed by atoms with Crippen LogP contribution in [0, 0.1) is 0 Å². The molecule has 2 aromatic rings. The zero-order valence-corrected chi connectivity index (χ0v) is 20.8. The van der Waals surface area contributed by atoms with Gasteiger partial charge < -0.3 is 19.9 Å². The Morgan fingerprint density at radius 1 is 0.889 bits per heavy atom. The molecule has 1 heterocycles. The Bertz CT molecular complexity index is 1190. The van der Waals surface area contributed by atoms with Crippen molar-refractivity contribution in [2.75, 3.05) is 33.2 Å². The number of piperazine rings is 1. The van der Waals surface area contributed by atoms with E-state index >= 15 is 0 Å². The molecular formula is C29H34N4O3. The van der Waals surface area contributed by atoms with E-state index in [4.69, 9.17) is 5.84 Å². The molecule has 36 heavy (non-hydrogen) atoms. The van der Waals surface area contributed by atoms with Crippen molar-refractivity contribution in [3.05, 3.63) is 77.5 Å². The molecule has 0 aromatic heterocycles. The fourth-order valence-electron chi connectivity index (χ4n) is 5.02. The molecule has 7 heteroatoms. The highest BCUT2D eigenvalue weighted by molar-refractivity contribution is 5.95. The smallest absolute Gasteiger partial charge is 0.254 e. The Balaban J connectivity index is 1.24. The van der Waals surface area contributed by atoms with E-state index in [1.807, 2.05) is 31.3 Å². The predicted octanol–water partition coefficient (Wildman–Crippen LogP) is 3.42. The van der Waals surface area contributed by atoms with Crippen LogP contribution in [0.25, 0.3) is 16.7 Å². The molecular weight excluding hydrogens is 452 g/mol. The lowest BCUT2D eigenvalue weighted by atomic mass is 9.97. The molecule has 3 aliphatic rings. The Morgan fingerprint density at radius 3 is 2.03 bits per heavy atom. The number of hydrogen-bond acceptors (Lipinski definition) is 5. The maximum Gasteiger partial charge on any atom is 0.254 e. The minimum absolute atomic E-state index is 0.0281. The van der Waals surface area contributed by atoms with E-state index in [2.05, 4.69) is 36.4 Å². The van der Waals surface area contributed by atoms with E-state index in [-0.39, 0.29) is 11.8 Å². The number of benzene rings is 2. The number of nitrogens with two attached hydrogens (primary N) is 1. The van der Waals surface area contributed by atoms with Crippen molar-refractivity contribution in [2.45, 2.75) is 37.7 Å². The Kier molecular flexibility index (Phi) is 6.69. The molecule has 188 valence electrons. The van der Waals surface area contributed by atoms with Crippen molar-refractivity contribution in [1.29, 1.82) is 0 Å². The average molecular weight is 487 g/mol. The van der Waals surface area contributed by atoms with Gasteiger partial charge in [0.1, 0.15) is 5.60 Å². The Labute approximate surface area is 212 Å². The highest BCUT2D eigenvalue weighted by Gasteiger charge is 2.50. The molecule has 1 saturated carbocycles. The molecule has 1 saturated heterocycles. The predicted molar refractivity (Wildman–Crippen MR) is 140 cm³/mol. The molecule has 2 amide bonds. The summed E-state index contributed by atoms with van der Waals surface area (Å²) in [4.78, 5) is 28.8. The number of hydrazine groups is 1. The van der Waals surface area contributed by atoms with Gasteiger partial charge in [-0.2, -0.15) is 0 Å². The van der Waals surface area contributed by atoms with E-state index in [1.165, 1.54) is 0 Å². The topological polar surface area (TPSA) is 90.1 Å². The largest absolute Gasteiger partial charge is 0.380 e. The number of allylic oxidation sites excluding steroid dienone is 4. The van der Waals surface area contributed by atoms with Crippen molar-refractivity contribution in [3.8, 4) is 11.1 Å². The maximum absolute atomic E-state index is 13.0. The van der Waals surface area contributed by atoms with Gasteiger partial charge in [-0.15, -0.1) is 0 Å². The molecule has 2 aliphatic carbocycles. The standard InChI is InChI=1S/C29H34N4O3/c1-31(30)26-6-4-2-3-5-25(26)23-11-7-21(8-12-23)22-9-13-24(14-10-22)27(34)32-17-19-33(20-18-32)28(35)29(36)15-16-29/h3,5,7-14,36H,2,4,6,15-20,30H2,1H3. The fraction of sp³-hybridized carbons (Fsp3) is 0.379. The van der Waals surface area contributed by atoms with Gasteiger partial charge in [0.2, 0.25) is 0 Å². The first-order valence-corrected chi connectivity index (χ1v) is 12.8. The second-order valence-corrected chi connectivity index (χ2v) is 10.0. The average Bonchev–Trinajstić information content (AvgIpc) is 3.71. The van der Waals surface area contributed by atoms with E-state index in [9.17, 15) is 14.7 Å². The molecule has 0 bridgehead atoms. The van der Waals surface area contributed by atoms with Crippen LogP contribution in [0.15, 0.2) is 66.4 Å². The molecule has 3 N–H and O–H groups in total. The maximum atomic E-state index is 13.0. The lowest BCUT2D eigenvalue weighted by Crippen LogP contribution is -2.53. The first kappa shape index (κ1) is 24.3. The third kappa shape index (κ3) is 4.94. The number of rotatable bonds is 5. The summed E-state index contributed by atoms with van der Waals surface area (Å²) in [7, 11) is 1.89. The van der Waals surface area contributed by atoms with Gasteiger partial charge in [-0.05, 0) is 60.9 Å². The molecule has 7 nitrogen and oxygen atoms in total. The van der Waals surface area contributed by atoms with E-state index in [1.54, 1.807) is 14.8 Å². The van der Waals surface area contributed by atoms with Crippen molar-refractivity contribution >= 4 is 17.4 Å². The van der Waals surface area contributed by atoms with E-state index < -0.39 is 5.60 Å². The van der Waals surface area contributed by atoms with Crippen molar-refractivity contribution in [3.63, 3.8) is 0 Å². The molecule has 5 rings (SSSR count). The summed E-state index contributed by atoms with van der Waals surface area (Å²) in [6.45, 7) is 1.89. The SMILES string of the molecule is CN(N)C1=C(c2ccc(-c3ccc(C(=O)N4CCN(C(=O)C5(O)CC5)CC4)cc3)cc2)C=CCCC1. The van der Waals surface area contributed by atoms with Gasteiger partial charge >= 0.3 is 0 Å². The first-order chi connectivity index (χ1) is 17.4. The highest BCUT2D eigenvalue weighted by atomic mass is 16.3. The number of aliphatic hydroxyl groups is 1. The minimum Gasteiger partial charge on any atom is -0.380 e. The molecule has 2 aromatic carbocycles. The van der Waals surface area contributed by atoms with Crippen molar-refractivity contribution < 1.29 is 14.7 Å². The summed E-state index contributed by atoms with van der Waals surface area (Å²) < 4.78 is 0. The van der Waals surface area contributed by atoms with E-state index in [0.717, 1.165) is 47.2 Å². The van der Waals surface area contributed by atoms with Gasteiger partial charge in [0.25, 0.3) is 11.8 Å².